The van der Waals surface area contributed by atoms with Crippen LogP contribution >= 0.6 is 11.8 Å². The van der Waals surface area contributed by atoms with Gasteiger partial charge in [-0.3, -0.25) is 19.3 Å². The summed E-state index contributed by atoms with van der Waals surface area (Å²) in [5.41, 5.74) is 1.01. The van der Waals surface area contributed by atoms with E-state index < -0.39 is 29.4 Å². The SMILES string of the molecule is O=C1S/C(=C\c2cccc(F)c2)C(=O)N1CC(=O)N(CCO)c1ccccc1. The highest BCUT2D eigenvalue weighted by molar-refractivity contribution is 8.18. The molecule has 1 aliphatic rings. The lowest BCUT2D eigenvalue weighted by atomic mass is 10.2. The number of aliphatic hydroxyl groups excluding tert-OH is 1. The molecule has 0 aromatic heterocycles. The molecule has 6 nitrogen and oxygen atoms in total. The van der Waals surface area contributed by atoms with Gasteiger partial charge in [0.2, 0.25) is 5.91 Å². The van der Waals surface area contributed by atoms with Gasteiger partial charge in [-0.15, -0.1) is 0 Å². The molecule has 0 aliphatic carbocycles. The molecule has 3 rings (SSSR count). The molecule has 8 heteroatoms. The van der Waals surface area contributed by atoms with Crippen LogP contribution in [0.25, 0.3) is 6.08 Å². The molecule has 0 saturated carbocycles. The molecule has 0 spiro atoms. The van der Waals surface area contributed by atoms with Crippen LogP contribution in [0.3, 0.4) is 0 Å². The first-order valence-electron chi connectivity index (χ1n) is 8.47. The van der Waals surface area contributed by atoms with Gasteiger partial charge in [0.25, 0.3) is 11.1 Å². The Bertz CT molecular complexity index is 933. The number of nitrogens with zero attached hydrogens (tertiary/aromatic N) is 2. The minimum atomic E-state index is -0.607. The van der Waals surface area contributed by atoms with Gasteiger partial charge >= 0.3 is 0 Å². The largest absolute Gasteiger partial charge is 0.395 e. The van der Waals surface area contributed by atoms with Crippen LogP contribution in [0.2, 0.25) is 0 Å². The van der Waals surface area contributed by atoms with Gasteiger partial charge in [0.15, 0.2) is 0 Å². The number of hydrogen-bond donors (Lipinski definition) is 1. The van der Waals surface area contributed by atoms with E-state index >= 15 is 0 Å². The highest BCUT2D eigenvalue weighted by Gasteiger charge is 2.37. The topological polar surface area (TPSA) is 77.9 Å². The Kier molecular flexibility index (Phi) is 6.23. The summed E-state index contributed by atoms with van der Waals surface area (Å²) in [6.45, 7) is -0.666. The average molecular weight is 400 g/mol. The number of anilines is 1. The molecule has 28 heavy (non-hydrogen) atoms. The van der Waals surface area contributed by atoms with Crippen LogP contribution in [0.4, 0.5) is 14.9 Å². The maximum atomic E-state index is 13.3. The van der Waals surface area contributed by atoms with E-state index in [0.717, 1.165) is 4.90 Å². The van der Waals surface area contributed by atoms with Gasteiger partial charge in [0.1, 0.15) is 12.4 Å². The van der Waals surface area contributed by atoms with Gasteiger partial charge in [-0.25, -0.2) is 4.39 Å². The first kappa shape index (κ1) is 19.8. The second kappa shape index (κ2) is 8.81. The molecule has 2 aromatic carbocycles. The second-order valence-electron chi connectivity index (χ2n) is 5.93. The fourth-order valence-electron chi connectivity index (χ4n) is 2.71. The molecule has 1 saturated heterocycles. The van der Waals surface area contributed by atoms with E-state index in [1.54, 1.807) is 36.4 Å². The van der Waals surface area contributed by atoms with E-state index in [-0.39, 0.29) is 18.1 Å². The van der Waals surface area contributed by atoms with Crippen LogP contribution in [0.1, 0.15) is 5.56 Å². The molecule has 0 bridgehead atoms. The predicted octanol–water partition coefficient (Wildman–Crippen LogP) is 2.89. The van der Waals surface area contributed by atoms with Gasteiger partial charge in [0, 0.05) is 12.2 Å². The van der Waals surface area contributed by atoms with Crippen molar-refractivity contribution in [3.63, 3.8) is 0 Å². The zero-order chi connectivity index (χ0) is 20.1. The number of para-hydroxylation sites is 1. The summed E-state index contributed by atoms with van der Waals surface area (Å²) in [6.07, 6.45) is 1.42. The number of rotatable bonds is 6. The molecule has 0 atom stereocenters. The lowest BCUT2D eigenvalue weighted by Gasteiger charge is -2.23. The van der Waals surface area contributed by atoms with Crippen molar-refractivity contribution < 1.29 is 23.9 Å². The fourth-order valence-corrected chi connectivity index (χ4v) is 3.55. The van der Waals surface area contributed by atoms with Crippen LogP contribution in [0.15, 0.2) is 59.5 Å². The van der Waals surface area contributed by atoms with Gasteiger partial charge in [-0.05, 0) is 47.7 Å². The van der Waals surface area contributed by atoms with E-state index in [4.69, 9.17) is 0 Å². The van der Waals surface area contributed by atoms with E-state index in [1.165, 1.54) is 29.2 Å². The molecule has 1 fully saturated rings. The Morgan fingerprint density at radius 1 is 1.14 bits per heavy atom. The van der Waals surface area contributed by atoms with Gasteiger partial charge < -0.3 is 10.0 Å². The minimum Gasteiger partial charge on any atom is -0.395 e. The summed E-state index contributed by atoms with van der Waals surface area (Å²) in [4.78, 5) is 39.8. The lowest BCUT2D eigenvalue weighted by Crippen LogP contribution is -2.43. The van der Waals surface area contributed by atoms with Crippen molar-refractivity contribution in [2.24, 2.45) is 0 Å². The second-order valence-corrected chi connectivity index (χ2v) is 6.92. The quantitative estimate of drug-likeness (QED) is 0.755. The molecule has 2 aromatic rings. The van der Waals surface area contributed by atoms with Crippen molar-refractivity contribution in [1.29, 1.82) is 0 Å². The number of halogens is 1. The zero-order valence-electron chi connectivity index (χ0n) is 14.7. The molecule has 3 amide bonds. The molecule has 1 aliphatic heterocycles. The average Bonchev–Trinajstić information content (AvgIpc) is 2.94. The fraction of sp³-hybridized carbons (Fsp3) is 0.150. The number of imide groups is 1. The Morgan fingerprint density at radius 2 is 1.89 bits per heavy atom. The summed E-state index contributed by atoms with van der Waals surface area (Å²) in [7, 11) is 0. The van der Waals surface area contributed by atoms with Crippen molar-refractivity contribution in [1.82, 2.24) is 4.90 Å². The van der Waals surface area contributed by atoms with Gasteiger partial charge in [-0.2, -0.15) is 0 Å². The smallest absolute Gasteiger partial charge is 0.294 e. The van der Waals surface area contributed by atoms with E-state index in [9.17, 15) is 23.9 Å². The van der Waals surface area contributed by atoms with Crippen LogP contribution in [-0.2, 0) is 9.59 Å². The van der Waals surface area contributed by atoms with Crippen LogP contribution < -0.4 is 4.90 Å². The third-order valence-corrected chi connectivity index (χ3v) is 4.91. The van der Waals surface area contributed by atoms with Crippen molar-refractivity contribution >= 4 is 40.6 Å². The Hall–Kier alpha value is -2.97. The zero-order valence-corrected chi connectivity index (χ0v) is 15.6. The molecular weight excluding hydrogens is 383 g/mol. The Morgan fingerprint density at radius 3 is 2.57 bits per heavy atom. The lowest BCUT2D eigenvalue weighted by molar-refractivity contribution is -0.128. The minimum absolute atomic E-state index is 0.0399. The molecule has 144 valence electrons. The number of carbonyl (C=O) groups excluding carboxylic acids is 3. The normalized spacial score (nSPS) is 15.4. The predicted molar refractivity (Wildman–Crippen MR) is 105 cm³/mol. The highest BCUT2D eigenvalue weighted by atomic mass is 32.2. The Balaban J connectivity index is 1.77. The van der Waals surface area contributed by atoms with E-state index in [0.29, 0.717) is 23.0 Å². The number of carbonyl (C=O) groups is 3. The molecule has 1 heterocycles. The Labute approximate surface area is 165 Å². The van der Waals surface area contributed by atoms with Crippen LogP contribution in [0, 0.1) is 5.82 Å². The van der Waals surface area contributed by atoms with Gasteiger partial charge in [-0.1, -0.05) is 30.3 Å². The number of amides is 3. The number of benzene rings is 2. The summed E-state index contributed by atoms with van der Waals surface area (Å²) >= 11 is 0.701. The summed E-state index contributed by atoms with van der Waals surface area (Å²) in [6, 6.07) is 14.3. The summed E-state index contributed by atoms with van der Waals surface area (Å²) in [5.74, 6) is -1.55. The van der Waals surface area contributed by atoms with Crippen molar-refractivity contribution in [3.8, 4) is 0 Å². The van der Waals surface area contributed by atoms with Gasteiger partial charge in [0.05, 0.1) is 11.5 Å². The standard InChI is InChI=1S/C20H17FN2O4S/c21-15-6-4-5-14(11-15)12-17-19(26)23(20(27)28-17)13-18(25)22(9-10-24)16-7-2-1-3-8-16/h1-8,11-12,24H,9-10,13H2/b17-12-. The third kappa shape index (κ3) is 4.47. The number of aliphatic hydroxyl groups is 1. The maximum absolute atomic E-state index is 13.3. The number of hydrogen-bond acceptors (Lipinski definition) is 5. The molecule has 0 unspecified atom stereocenters. The highest BCUT2D eigenvalue weighted by Crippen LogP contribution is 2.32. The van der Waals surface area contributed by atoms with Crippen molar-refractivity contribution in [2.45, 2.75) is 0 Å². The monoisotopic (exact) mass is 400 g/mol. The molecular formula is C20H17FN2O4S. The molecule has 0 radical (unpaired) electrons. The van der Waals surface area contributed by atoms with E-state index in [1.807, 2.05) is 0 Å². The third-order valence-electron chi connectivity index (χ3n) is 4.01. The van der Waals surface area contributed by atoms with E-state index in [2.05, 4.69) is 0 Å². The molecule has 1 N–H and O–H groups in total. The summed E-state index contributed by atoms with van der Waals surface area (Å²) in [5, 5.41) is 8.68. The number of thioether (sulfide) groups is 1. The first-order valence-corrected chi connectivity index (χ1v) is 9.28. The van der Waals surface area contributed by atoms with Crippen LogP contribution in [0.5, 0.6) is 0 Å². The summed E-state index contributed by atoms with van der Waals surface area (Å²) < 4.78 is 13.3. The maximum Gasteiger partial charge on any atom is 0.294 e. The van der Waals surface area contributed by atoms with Crippen LogP contribution in [-0.4, -0.2) is 46.8 Å². The first-order chi connectivity index (χ1) is 13.5. The van der Waals surface area contributed by atoms with Crippen molar-refractivity contribution in [2.75, 3.05) is 24.6 Å². The van der Waals surface area contributed by atoms with Crippen molar-refractivity contribution in [3.05, 3.63) is 70.9 Å².